The van der Waals surface area contributed by atoms with E-state index in [9.17, 15) is 9.90 Å². The predicted molar refractivity (Wildman–Crippen MR) is 139 cm³/mol. The fourth-order valence-electron chi connectivity index (χ4n) is 4.50. The first-order valence-electron chi connectivity index (χ1n) is 12.7. The molecule has 0 radical (unpaired) electrons. The molecule has 34 heavy (non-hydrogen) atoms. The summed E-state index contributed by atoms with van der Waals surface area (Å²) in [6, 6.07) is 11.2. The van der Waals surface area contributed by atoms with E-state index in [0.717, 1.165) is 53.8 Å². The number of Topliss-reactive ketones (excluding diaryl/α,β-unsaturated/α-hetero) is 1. The number of anilines is 1. The van der Waals surface area contributed by atoms with E-state index in [0.29, 0.717) is 18.8 Å². The minimum atomic E-state index is 0.0713. The number of allylic oxidation sites excluding steroid dienone is 1. The van der Waals surface area contributed by atoms with Gasteiger partial charge >= 0.3 is 0 Å². The number of carbonyl (C=O) groups is 1. The first-order valence-corrected chi connectivity index (χ1v) is 12.7. The second kappa shape index (κ2) is 13.8. The number of phenolic OH excluding ortho intramolecular Hbond substituents is 1. The molecule has 1 aliphatic carbocycles. The molecular weight excluding hydrogens is 426 g/mol. The molecule has 184 valence electrons. The minimum absolute atomic E-state index is 0.0713. The highest BCUT2D eigenvalue weighted by Gasteiger charge is 2.25. The van der Waals surface area contributed by atoms with Gasteiger partial charge in [0.15, 0.2) is 17.3 Å². The zero-order valence-electron chi connectivity index (χ0n) is 20.4. The lowest BCUT2D eigenvalue weighted by Crippen LogP contribution is -2.03. The molecule has 0 bridgehead atoms. The first-order chi connectivity index (χ1) is 16.6. The van der Waals surface area contributed by atoms with E-state index in [-0.39, 0.29) is 11.5 Å². The van der Waals surface area contributed by atoms with E-state index in [4.69, 9.17) is 9.84 Å². The Kier molecular flexibility index (Phi) is 10.5. The van der Waals surface area contributed by atoms with Gasteiger partial charge in [0.25, 0.3) is 0 Å². The van der Waals surface area contributed by atoms with Crippen molar-refractivity contribution in [3.05, 3.63) is 58.7 Å². The Morgan fingerprint density at radius 2 is 1.59 bits per heavy atom. The number of phenols is 1. The number of unbranched alkanes of at least 4 members (excludes halogenated alkanes) is 9. The van der Waals surface area contributed by atoms with Gasteiger partial charge in [-0.25, -0.2) is 0 Å². The van der Waals surface area contributed by atoms with Gasteiger partial charge in [0.2, 0.25) is 0 Å². The molecule has 0 aromatic heterocycles. The normalized spacial score (nSPS) is 13.9. The summed E-state index contributed by atoms with van der Waals surface area (Å²) in [5.41, 5.74) is 4.44. The maximum Gasteiger partial charge on any atom is 0.189 e. The molecule has 0 aliphatic heterocycles. The van der Waals surface area contributed by atoms with Gasteiger partial charge in [-0.1, -0.05) is 63.5 Å². The van der Waals surface area contributed by atoms with Gasteiger partial charge in [-0.3, -0.25) is 4.79 Å². The van der Waals surface area contributed by atoms with E-state index < -0.39 is 0 Å². The van der Waals surface area contributed by atoms with Crippen LogP contribution in [0.1, 0.15) is 85.7 Å². The fraction of sp³-hybridized carbons (Fsp3) is 0.483. The van der Waals surface area contributed by atoms with Crippen LogP contribution in [0.15, 0.2) is 42.0 Å². The molecule has 0 saturated heterocycles. The van der Waals surface area contributed by atoms with Gasteiger partial charge in [0.1, 0.15) is 0 Å². The number of benzene rings is 2. The average Bonchev–Trinajstić information content (AvgIpc) is 3.15. The van der Waals surface area contributed by atoms with E-state index in [1.807, 2.05) is 18.2 Å². The molecule has 5 heteroatoms. The van der Waals surface area contributed by atoms with Crippen LogP contribution in [0.25, 0.3) is 6.08 Å². The Morgan fingerprint density at radius 1 is 0.912 bits per heavy atom. The summed E-state index contributed by atoms with van der Waals surface area (Å²) >= 11 is 0. The molecule has 1 aliphatic rings. The Balaban J connectivity index is 1.39. The van der Waals surface area contributed by atoms with Crippen LogP contribution >= 0.6 is 0 Å². The largest absolute Gasteiger partial charge is 0.504 e. The number of aliphatic hydroxyl groups excluding tert-OH is 1. The predicted octanol–water partition coefficient (Wildman–Crippen LogP) is 6.53. The van der Waals surface area contributed by atoms with E-state index >= 15 is 0 Å². The molecule has 2 aromatic rings. The highest BCUT2D eigenvalue weighted by atomic mass is 16.5. The van der Waals surface area contributed by atoms with Crippen LogP contribution in [0, 0.1) is 0 Å². The highest BCUT2D eigenvalue weighted by molar-refractivity contribution is 6.16. The molecule has 0 fully saturated rings. The zero-order chi connectivity index (χ0) is 24.2. The maximum atomic E-state index is 13.0. The Labute approximate surface area is 203 Å². The second-order valence-corrected chi connectivity index (χ2v) is 9.16. The third-order valence-electron chi connectivity index (χ3n) is 6.49. The van der Waals surface area contributed by atoms with Crippen LogP contribution in [0.3, 0.4) is 0 Å². The van der Waals surface area contributed by atoms with Crippen LogP contribution in [0.2, 0.25) is 0 Å². The summed E-state index contributed by atoms with van der Waals surface area (Å²) in [4.78, 5) is 13.0. The molecule has 0 unspecified atom stereocenters. The Hall–Kier alpha value is -2.79. The van der Waals surface area contributed by atoms with Gasteiger partial charge in [-0.05, 0) is 54.3 Å². The van der Waals surface area contributed by atoms with Crippen LogP contribution in [-0.2, 0) is 6.42 Å². The SMILES string of the molecule is COc1cc(/C=C2\Cc3ccc(NCCCCCCCCCCCCO)cc3C2=O)ccc1O. The number of methoxy groups -OCH3 is 1. The molecule has 3 rings (SSSR count). The number of nitrogens with one attached hydrogen (secondary N) is 1. The number of aromatic hydroxyl groups is 1. The third-order valence-corrected chi connectivity index (χ3v) is 6.49. The summed E-state index contributed by atoms with van der Waals surface area (Å²) in [5, 5.41) is 22.0. The minimum Gasteiger partial charge on any atom is -0.504 e. The van der Waals surface area contributed by atoms with Crippen LogP contribution < -0.4 is 10.1 Å². The van der Waals surface area contributed by atoms with Crippen molar-refractivity contribution in [3.63, 3.8) is 0 Å². The standard InChI is InChI=1S/C29H39NO4/c1-34-28-19-22(12-15-27(28)32)18-24-20-23-13-14-25(21-26(23)29(24)33)30-16-10-8-6-4-2-3-5-7-9-11-17-31/h12-15,18-19,21,30-32H,2-11,16-17,20H2,1H3/b24-18+. The number of rotatable bonds is 15. The molecule has 0 spiro atoms. The number of carbonyl (C=O) groups excluding carboxylic acids is 1. The average molecular weight is 466 g/mol. The van der Waals surface area contributed by atoms with Crippen molar-refractivity contribution in [2.24, 2.45) is 0 Å². The lowest BCUT2D eigenvalue weighted by molar-refractivity contribution is 0.104. The molecule has 0 amide bonds. The van der Waals surface area contributed by atoms with Crippen LogP contribution in [0.4, 0.5) is 5.69 Å². The quantitative estimate of drug-likeness (QED) is 0.206. The third kappa shape index (κ3) is 7.63. The van der Waals surface area contributed by atoms with Gasteiger partial charge in [0, 0.05) is 36.4 Å². The summed E-state index contributed by atoms with van der Waals surface area (Å²) in [6.45, 7) is 1.25. The number of fused-ring (bicyclic) bond motifs is 1. The zero-order valence-corrected chi connectivity index (χ0v) is 20.4. The van der Waals surface area contributed by atoms with Gasteiger partial charge in [-0.2, -0.15) is 0 Å². The topological polar surface area (TPSA) is 78.8 Å². The van der Waals surface area contributed by atoms with Crippen molar-refractivity contribution in [1.82, 2.24) is 0 Å². The van der Waals surface area contributed by atoms with Crippen LogP contribution in [-0.4, -0.2) is 36.3 Å². The van der Waals surface area contributed by atoms with E-state index in [1.54, 1.807) is 18.2 Å². The van der Waals surface area contributed by atoms with Crippen molar-refractivity contribution in [2.75, 3.05) is 25.6 Å². The van der Waals surface area contributed by atoms with Crippen molar-refractivity contribution >= 4 is 17.5 Å². The van der Waals surface area contributed by atoms with E-state index in [2.05, 4.69) is 11.4 Å². The van der Waals surface area contributed by atoms with E-state index in [1.165, 1.54) is 52.1 Å². The number of ether oxygens (including phenoxy) is 1. The Bertz CT molecular complexity index is 967. The molecule has 0 heterocycles. The summed E-state index contributed by atoms with van der Waals surface area (Å²) in [5.74, 6) is 0.562. The van der Waals surface area contributed by atoms with Gasteiger partial charge in [0.05, 0.1) is 7.11 Å². The Morgan fingerprint density at radius 3 is 2.26 bits per heavy atom. The number of aliphatic hydroxyl groups is 1. The number of ketones is 1. The van der Waals surface area contributed by atoms with Crippen molar-refractivity contribution in [2.45, 2.75) is 70.6 Å². The summed E-state index contributed by atoms with van der Waals surface area (Å²) in [6.07, 6.45) is 14.7. The van der Waals surface area contributed by atoms with Crippen LogP contribution in [0.5, 0.6) is 11.5 Å². The number of hydrogen-bond acceptors (Lipinski definition) is 5. The monoisotopic (exact) mass is 465 g/mol. The molecule has 5 nitrogen and oxygen atoms in total. The van der Waals surface area contributed by atoms with Gasteiger partial charge < -0.3 is 20.3 Å². The molecular formula is C29H39NO4. The smallest absolute Gasteiger partial charge is 0.189 e. The maximum absolute atomic E-state index is 13.0. The number of hydrogen-bond donors (Lipinski definition) is 3. The van der Waals surface area contributed by atoms with Crippen molar-refractivity contribution in [3.8, 4) is 11.5 Å². The summed E-state index contributed by atoms with van der Waals surface area (Å²) in [7, 11) is 1.51. The summed E-state index contributed by atoms with van der Waals surface area (Å²) < 4.78 is 5.17. The molecule has 0 atom stereocenters. The van der Waals surface area contributed by atoms with Crippen molar-refractivity contribution < 1.29 is 19.7 Å². The lowest BCUT2D eigenvalue weighted by Gasteiger charge is -2.08. The first kappa shape index (κ1) is 25.8. The molecule has 3 N–H and O–H groups in total. The van der Waals surface area contributed by atoms with Gasteiger partial charge in [-0.15, -0.1) is 0 Å². The highest BCUT2D eigenvalue weighted by Crippen LogP contribution is 2.32. The second-order valence-electron chi connectivity index (χ2n) is 9.16. The molecule has 2 aromatic carbocycles. The lowest BCUT2D eigenvalue weighted by atomic mass is 10.1. The fourth-order valence-corrected chi connectivity index (χ4v) is 4.50. The van der Waals surface area contributed by atoms with Crippen molar-refractivity contribution in [1.29, 1.82) is 0 Å². The molecule has 0 saturated carbocycles.